The zero-order valence-electron chi connectivity index (χ0n) is 9.75. The Balaban J connectivity index is 2.08. The quantitative estimate of drug-likeness (QED) is 0.858. The number of benzene rings is 1. The van der Waals surface area contributed by atoms with E-state index >= 15 is 0 Å². The van der Waals surface area contributed by atoms with Crippen LogP contribution in [-0.4, -0.2) is 24.0 Å². The number of hydrogen-bond acceptors (Lipinski definition) is 2. The summed E-state index contributed by atoms with van der Waals surface area (Å²) in [7, 11) is 0. The van der Waals surface area contributed by atoms with Crippen LogP contribution in [0.3, 0.4) is 0 Å². The highest BCUT2D eigenvalue weighted by molar-refractivity contribution is 6.31. The molecular weight excluding hydrogens is 220 g/mol. The first-order valence-corrected chi connectivity index (χ1v) is 6.26. The molecule has 0 radical (unpaired) electrons. The summed E-state index contributed by atoms with van der Waals surface area (Å²) in [6.07, 6.45) is 2.35. The Bertz CT molecular complexity index is 345. The number of halogens is 1. The van der Waals surface area contributed by atoms with Crippen LogP contribution in [0.15, 0.2) is 18.2 Å². The van der Waals surface area contributed by atoms with Crippen LogP contribution in [0.25, 0.3) is 0 Å². The van der Waals surface area contributed by atoms with E-state index in [4.69, 9.17) is 17.3 Å². The molecule has 0 bridgehead atoms. The van der Waals surface area contributed by atoms with Crippen molar-refractivity contribution in [1.29, 1.82) is 0 Å². The number of hydrogen-bond donors (Lipinski definition) is 1. The van der Waals surface area contributed by atoms with Gasteiger partial charge in [0.05, 0.1) is 0 Å². The lowest BCUT2D eigenvalue weighted by atomic mass is 10.0. The maximum atomic E-state index is 6.23. The standard InChI is InChI=1S/C13H19ClN2/c1-10-4-2-6-13(14)12(10)9-16-7-3-5-11(15)8-16/h2,4,6,11H,3,5,7-9,15H2,1H3/t11-/m1/s1. The van der Waals surface area contributed by atoms with E-state index in [1.165, 1.54) is 17.5 Å². The first kappa shape index (κ1) is 11.9. The molecule has 0 spiro atoms. The van der Waals surface area contributed by atoms with Crippen LogP contribution >= 0.6 is 11.6 Å². The Labute approximate surface area is 102 Å². The van der Waals surface area contributed by atoms with Gasteiger partial charge in [0.25, 0.3) is 0 Å². The Morgan fingerprint density at radius 2 is 2.31 bits per heavy atom. The second-order valence-electron chi connectivity index (χ2n) is 4.67. The largest absolute Gasteiger partial charge is 0.327 e. The van der Waals surface area contributed by atoms with Crippen molar-refractivity contribution in [3.05, 3.63) is 34.3 Å². The number of nitrogens with two attached hydrogens (primary N) is 1. The minimum atomic E-state index is 0.330. The molecule has 1 atom stereocenters. The van der Waals surface area contributed by atoms with Gasteiger partial charge >= 0.3 is 0 Å². The van der Waals surface area contributed by atoms with Gasteiger partial charge in [-0.3, -0.25) is 4.90 Å². The Kier molecular flexibility index (Phi) is 3.85. The van der Waals surface area contributed by atoms with E-state index in [-0.39, 0.29) is 0 Å². The molecule has 1 saturated heterocycles. The number of likely N-dealkylation sites (tertiary alicyclic amines) is 1. The summed E-state index contributed by atoms with van der Waals surface area (Å²) in [5.74, 6) is 0. The van der Waals surface area contributed by atoms with Gasteiger partial charge in [-0.05, 0) is 43.5 Å². The summed E-state index contributed by atoms with van der Waals surface area (Å²) >= 11 is 6.23. The Morgan fingerprint density at radius 1 is 1.50 bits per heavy atom. The van der Waals surface area contributed by atoms with Crippen molar-refractivity contribution in [3.63, 3.8) is 0 Å². The topological polar surface area (TPSA) is 29.3 Å². The molecule has 1 fully saturated rings. The zero-order chi connectivity index (χ0) is 11.5. The molecule has 1 aliphatic heterocycles. The molecule has 1 aromatic carbocycles. The SMILES string of the molecule is Cc1cccc(Cl)c1CN1CCC[C@@H](N)C1. The first-order chi connectivity index (χ1) is 7.66. The van der Waals surface area contributed by atoms with Crippen molar-refractivity contribution in [3.8, 4) is 0 Å². The third kappa shape index (κ3) is 2.76. The molecule has 2 nitrogen and oxygen atoms in total. The molecular formula is C13H19ClN2. The molecule has 1 heterocycles. The third-order valence-electron chi connectivity index (χ3n) is 3.28. The van der Waals surface area contributed by atoms with Crippen LogP contribution in [0, 0.1) is 6.92 Å². The molecule has 2 N–H and O–H groups in total. The van der Waals surface area contributed by atoms with E-state index in [1.54, 1.807) is 0 Å². The van der Waals surface area contributed by atoms with Gasteiger partial charge in [-0.25, -0.2) is 0 Å². The molecule has 88 valence electrons. The number of piperidine rings is 1. The van der Waals surface area contributed by atoms with E-state index in [9.17, 15) is 0 Å². The molecule has 0 aromatic heterocycles. The molecule has 0 unspecified atom stereocenters. The average molecular weight is 239 g/mol. The van der Waals surface area contributed by atoms with Crippen LogP contribution in [0.5, 0.6) is 0 Å². The van der Waals surface area contributed by atoms with Gasteiger partial charge in [0.15, 0.2) is 0 Å². The van der Waals surface area contributed by atoms with Crippen molar-refractivity contribution >= 4 is 11.6 Å². The fraction of sp³-hybridized carbons (Fsp3) is 0.538. The smallest absolute Gasteiger partial charge is 0.0453 e. The first-order valence-electron chi connectivity index (χ1n) is 5.89. The maximum absolute atomic E-state index is 6.23. The Morgan fingerprint density at radius 3 is 3.00 bits per heavy atom. The van der Waals surface area contributed by atoms with Gasteiger partial charge < -0.3 is 5.73 Å². The number of aryl methyl sites for hydroxylation is 1. The van der Waals surface area contributed by atoms with Gasteiger partial charge in [-0.1, -0.05) is 23.7 Å². The summed E-state index contributed by atoms with van der Waals surface area (Å²) in [6, 6.07) is 6.42. The predicted octanol–water partition coefficient (Wildman–Crippen LogP) is 2.57. The van der Waals surface area contributed by atoms with Gasteiger partial charge in [0, 0.05) is 24.2 Å². The highest BCUT2D eigenvalue weighted by Crippen LogP contribution is 2.22. The van der Waals surface area contributed by atoms with Crippen molar-refractivity contribution in [2.24, 2.45) is 5.73 Å². The fourth-order valence-corrected chi connectivity index (χ4v) is 2.61. The lowest BCUT2D eigenvalue weighted by Crippen LogP contribution is -2.42. The second-order valence-corrected chi connectivity index (χ2v) is 5.08. The van der Waals surface area contributed by atoms with E-state index in [0.29, 0.717) is 6.04 Å². The van der Waals surface area contributed by atoms with Crippen LogP contribution in [-0.2, 0) is 6.54 Å². The van der Waals surface area contributed by atoms with Gasteiger partial charge in [-0.2, -0.15) is 0 Å². The number of nitrogens with zero attached hydrogens (tertiary/aromatic N) is 1. The lowest BCUT2D eigenvalue weighted by molar-refractivity contribution is 0.201. The normalized spacial score (nSPS) is 22.3. The molecule has 1 aromatic rings. The van der Waals surface area contributed by atoms with Gasteiger partial charge in [0.2, 0.25) is 0 Å². The molecule has 2 rings (SSSR count). The summed E-state index contributed by atoms with van der Waals surface area (Å²) in [4.78, 5) is 2.41. The fourth-order valence-electron chi connectivity index (χ4n) is 2.33. The van der Waals surface area contributed by atoms with Crippen LogP contribution in [0.1, 0.15) is 24.0 Å². The van der Waals surface area contributed by atoms with E-state index in [1.807, 2.05) is 12.1 Å². The molecule has 0 amide bonds. The number of rotatable bonds is 2. The minimum Gasteiger partial charge on any atom is -0.327 e. The maximum Gasteiger partial charge on any atom is 0.0453 e. The third-order valence-corrected chi connectivity index (χ3v) is 3.63. The summed E-state index contributed by atoms with van der Waals surface area (Å²) in [5, 5.41) is 0.874. The summed E-state index contributed by atoms with van der Waals surface area (Å²) in [6.45, 7) is 5.17. The molecule has 16 heavy (non-hydrogen) atoms. The molecule has 3 heteroatoms. The van der Waals surface area contributed by atoms with Crippen LogP contribution < -0.4 is 5.73 Å². The second kappa shape index (κ2) is 5.17. The van der Waals surface area contributed by atoms with E-state index < -0.39 is 0 Å². The Hall–Kier alpha value is -0.570. The van der Waals surface area contributed by atoms with Gasteiger partial charge in [-0.15, -0.1) is 0 Å². The average Bonchev–Trinajstić information content (AvgIpc) is 2.24. The zero-order valence-corrected chi connectivity index (χ0v) is 10.5. The lowest BCUT2D eigenvalue weighted by Gasteiger charge is -2.31. The van der Waals surface area contributed by atoms with Crippen molar-refractivity contribution in [2.45, 2.75) is 32.4 Å². The van der Waals surface area contributed by atoms with Crippen molar-refractivity contribution < 1.29 is 0 Å². The van der Waals surface area contributed by atoms with Gasteiger partial charge in [0.1, 0.15) is 0 Å². The minimum absolute atomic E-state index is 0.330. The monoisotopic (exact) mass is 238 g/mol. The van der Waals surface area contributed by atoms with Crippen LogP contribution in [0.2, 0.25) is 5.02 Å². The predicted molar refractivity (Wildman–Crippen MR) is 68.7 cm³/mol. The van der Waals surface area contributed by atoms with Crippen molar-refractivity contribution in [1.82, 2.24) is 4.90 Å². The summed E-state index contributed by atoms with van der Waals surface area (Å²) in [5.41, 5.74) is 8.50. The van der Waals surface area contributed by atoms with E-state index in [2.05, 4.69) is 17.9 Å². The molecule has 1 aliphatic rings. The van der Waals surface area contributed by atoms with Crippen molar-refractivity contribution in [2.75, 3.05) is 13.1 Å². The summed E-state index contributed by atoms with van der Waals surface area (Å²) < 4.78 is 0. The molecule has 0 aliphatic carbocycles. The highest BCUT2D eigenvalue weighted by Gasteiger charge is 2.18. The highest BCUT2D eigenvalue weighted by atomic mass is 35.5. The molecule has 0 saturated carbocycles. The van der Waals surface area contributed by atoms with E-state index in [0.717, 1.165) is 31.1 Å². The van der Waals surface area contributed by atoms with Crippen LogP contribution in [0.4, 0.5) is 0 Å².